The van der Waals surface area contributed by atoms with Crippen LogP contribution in [0.5, 0.6) is 5.75 Å². The number of carbonyl (C=O) groups is 1. The summed E-state index contributed by atoms with van der Waals surface area (Å²) in [7, 11) is 0.415. The van der Waals surface area contributed by atoms with Crippen LogP contribution >= 0.6 is 7.60 Å². The number of carbonyl (C=O) groups excluding carboxylic acids is 1. The lowest BCUT2D eigenvalue weighted by Crippen LogP contribution is -2.13. The molecular formula is C19H19N2O5P. The molecule has 1 heterocycles. The number of nitrogens with zero attached hydrogens (tertiary/aromatic N) is 1. The molecule has 1 N–H and O–H groups in total. The van der Waals surface area contributed by atoms with E-state index in [1.807, 2.05) is 6.07 Å². The molecule has 0 amide bonds. The Balaban J connectivity index is 2.25. The molecule has 0 saturated heterocycles. The van der Waals surface area contributed by atoms with Gasteiger partial charge in [0.05, 0.1) is 7.11 Å². The van der Waals surface area contributed by atoms with Crippen molar-refractivity contribution >= 4 is 18.8 Å². The first-order chi connectivity index (χ1) is 13.0. The van der Waals surface area contributed by atoms with E-state index in [2.05, 4.69) is 10.2 Å². The molecule has 7 nitrogen and oxygen atoms in total. The Bertz CT molecular complexity index is 992. The van der Waals surface area contributed by atoms with Crippen molar-refractivity contribution in [2.45, 2.75) is 0 Å². The van der Waals surface area contributed by atoms with Gasteiger partial charge in [-0.25, -0.2) is 0 Å². The Labute approximate surface area is 156 Å². The molecule has 1 aromatic heterocycles. The molecule has 3 rings (SSSR count). The van der Waals surface area contributed by atoms with Gasteiger partial charge in [-0.15, -0.1) is 0 Å². The van der Waals surface area contributed by atoms with E-state index in [0.717, 1.165) is 0 Å². The molecule has 3 aromatic rings. The van der Waals surface area contributed by atoms with Gasteiger partial charge in [0.1, 0.15) is 11.4 Å². The summed E-state index contributed by atoms with van der Waals surface area (Å²) in [6.45, 7) is 0. The molecule has 0 aliphatic rings. The number of ketones is 1. The summed E-state index contributed by atoms with van der Waals surface area (Å²) in [6.07, 6.45) is 0. The fraction of sp³-hybridized carbons (Fsp3) is 0.158. The van der Waals surface area contributed by atoms with Crippen LogP contribution in [-0.2, 0) is 13.6 Å². The Kier molecular flexibility index (Phi) is 5.56. The Morgan fingerprint density at radius 2 is 1.70 bits per heavy atom. The van der Waals surface area contributed by atoms with Gasteiger partial charge in [0.15, 0.2) is 5.44 Å². The minimum absolute atomic E-state index is 0.111. The van der Waals surface area contributed by atoms with Gasteiger partial charge in [0, 0.05) is 25.3 Å². The number of rotatable bonds is 7. The first kappa shape index (κ1) is 19.0. The van der Waals surface area contributed by atoms with Crippen molar-refractivity contribution < 1.29 is 23.1 Å². The van der Waals surface area contributed by atoms with E-state index in [4.69, 9.17) is 13.8 Å². The van der Waals surface area contributed by atoms with Gasteiger partial charge in [0.2, 0.25) is 5.78 Å². The van der Waals surface area contributed by atoms with Crippen LogP contribution in [0.15, 0.2) is 54.6 Å². The minimum atomic E-state index is -3.68. The maximum Gasteiger partial charge on any atom is 0.379 e. The van der Waals surface area contributed by atoms with E-state index in [9.17, 15) is 9.36 Å². The van der Waals surface area contributed by atoms with Crippen molar-refractivity contribution in [2.75, 3.05) is 21.3 Å². The SMILES string of the molecule is COc1cccc(-c2c(C(=O)c3ccccc3)n[nH]c2P(=O)(OC)OC)c1. The number of hydrogen-bond donors (Lipinski definition) is 1. The van der Waals surface area contributed by atoms with E-state index in [0.29, 0.717) is 22.4 Å². The molecule has 0 atom stereocenters. The normalized spacial score (nSPS) is 11.4. The first-order valence-electron chi connectivity index (χ1n) is 8.08. The van der Waals surface area contributed by atoms with Crippen molar-refractivity contribution in [1.82, 2.24) is 10.2 Å². The number of ether oxygens (including phenoxy) is 1. The molecule has 0 fully saturated rings. The highest BCUT2D eigenvalue weighted by atomic mass is 31.2. The van der Waals surface area contributed by atoms with Crippen LogP contribution in [0.3, 0.4) is 0 Å². The lowest BCUT2D eigenvalue weighted by molar-refractivity contribution is 0.103. The summed E-state index contributed by atoms with van der Waals surface area (Å²) in [5.74, 6) is 0.275. The Hall–Kier alpha value is -2.73. The molecule has 0 unspecified atom stereocenters. The zero-order valence-electron chi connectivity index (χ0n) is 15.1. The zero-order chi connectivity index (χ0) is 19.4. The number of hydrogen-bond acceptors (Lipinski definition) is 6. The van der Waals surface area contributed by atoms with Crippen LogP contribution in [0, 0.1) is 0 Å². The van der Waals surface area contributed by atoms with Crippen molar-refractivity contribution in [3.63, 3.8) is 0 Å². The minimum Gasteiger partial charge on any atom is -0.497 e. The van der Waals surface area contributed by atoms with Crippen LogP contribution in [0.25, 0.3) is 11.1 Å². The lowest BCUT2D eigenvalue weighted by atomic mass is 10.0. The number of H-pyrrole nitrogens is 1. The van der Waals surface area contributed by atoms with Crippen LogP contribution in [0.4, 0.5) is 0 Å². The number of aromatic nitrogens is 2. The van der Waals surface area contributed by atoms with Gasteiger partial charge in [-0.1, -0.05) is 42.5 Å². The van der Waals surface area contributed by atoms with Gasteiger partial charge in [0.25, 0.3) is 0 Å². The molecule has 8 heteroatoms. The van der Waals surface area contributed by atoms with Gasteiger partial charge >= 0.3 is 7.60 Å². The summed E-state index contributed by atoms with van der Waals surface area (Å²) < 4.78 is 28.5. The molecule has 2 aromatic carbocycles. The number of nitrogens with one attached hydrogen (secondary N) is 1. The molecule has 0 saturated carbocycles. The Morgan fingerprint density at radius 3 is 2.33 bits per heavy atom. The zero-order valence-corrected chi connectivity index (χ0v) is 16.0. The van der Waals surface area contributed by atoms with Crippen LogP contribution in [0.2, 0.25) is 0 Å². The maximum atomic E-state index is 13.0. The second-order valence-electron chi connectivity index (χ2n) is 5.59. The van der Waals surface area contributed by atoms with Crippen molar-refractivity contribution in [3.8, 4) is 16.9 Å². The second-order valence-corrected chi connectivity index (χ2v) is 7.76. The summed E-state index contributed by atoms with van der Waals surface area (Å²) in [6, 6.07) is 15.8. The molecule has 0 bridgehead atoms. The van der Waals surface area contributed by atoms with Crippen molar-refractivity contribution in [2.24, 2.45) is 0 Å². The average molecular weight is 386 g/mol. The second kappa shape index (κ2) is 7.88. The molecular weight excluding hydrogens is 367 g/mol. The third-order valence-corrected chi connectivity index (χ3v) is 5.94. The van der Waals surface area contributed by atoms with Gasteiger partial charge in [-0.2, -0.15) is 5.10 Å². The highest BCUT2D eigenvalue weighted by Gasteiger charge is 2.35. The van der Waals surface area contributed by atoms with E-state index in [1.54, 1.807) is 55.6 Å². The number of aromatic amines is 1. The van der Waals surface area contributed by atoms with Crippen LogP contribution in [-0.4, -0.2) is 37.3 Å². The number of benzene rings is 2. The van der Waals surface area contributed by atoms with E-state index in [-0.39, 0.29) is 16.9 Å². The van der Waals surface area contributed by atoms with Crippen molar-refractivity contribution in [1.29, 1.82) is 0 Å². The van der Waals surface area contributed by atoms with Crippen LogP contribution in [0.1, 0.15) is 16.1 Å². The van der Waals surface area contributed by atoms with Crippen LogP contribution < -0.4 is 10.2 Å². The third-order valence-electron chi connectivity index (χ3n) is 4.11. The molecule has 0 aliphatic carbocycles. The summed E-state index contributed by atoms with van der Waals surface area (Å²) >= 11 is 0. The first-order valence-corrected chi connectivity index (χ1v) is 9.63. The fourth-order valence-corrected chi connectivity index (χ4v) is 3.93. The van der Waals surface area contributed by atoms with E-state index < -0.39 is 7.60 Å². The van der Waals surface area contributed by atoms with Gasteiger partial charge in [-0.05, 0) is 17.7 Å². The van der Waals surface area contributed by atoms with Gasteiger partial charge < -0.3 is 13.8 Å². The predicted octanol–water partition coefficient (Wildman–Crippen LogP) is 3.43. The maximum absolute atomic E-state index is 13.0. The fourth-order valence-electron chi connectivity index (χ4n) is 2.73. The Morgan fingerprint density at radius 1 is 1.00 bits per heavy atom. The molecule has 0 spiro atoms. The molecule has 0 aliphatic heterocycles. The largest absolute Gasteiger partial charge is 0.497 e. The van der Waals surface area contributed by atoms with Crippen molar-refractivity contribution in [3.05, 3.63) is 65.9 Å². The summed E-state index contributed by atoms with van der Waals surface area (Å²) in [4.78, 5) is 13.0. The average Bonchev–Trinajstić information content (AvgIpc) is 3.19. The lowest BCUT2D eigenvalue weighted by Gasteiger charge is -2.14. The molecule has 0 radical (unpaired) electrons. The van der Waals surface area contributed by atoms with E-state index in [1.165, 1.54) is 14.2 Å². The quantitative estimate of drug-likeness (QED) is 0.494. The highest BCUT2D eigenvalue weighted by molar-refractivity contribution is 7.62. The highest BCUT2D eigenvalue weighted by Crippen LogP contribution is 2.47. The monoisotopic (exact) mass is 386 g/mol. The third kappa shape index (κ3) is 3.57. The number of methoxy groups -OCH3 is 1. The smallest absolute Gasteiger partial charge is 0.379 e. The standard InChI is InChI=1S/C19H19N2O5P/c1-24-15-11-7-10-14(12-15)16-17(18(22)13-8-5-4-6-9-13)20-21-19(16)27(23,25-2)26-3/h4-12H,1-3H3,(H,20,21). The van der Waals surface area contributed by atoms with E-state index >= 15 is 0 Å². The summed E-state index contributed by atoms with van der Waals surface area (Å²) in [5.41, 5.74) is 1.66. The summed E-state index contributed by atoms with van der Waals surface area (Å²) in [5, 5.41) is 6.82. The molecule has 27 heavy (non-hydrogen) atoms. The predicted molar refractivity (Wildman–Crippen MR) is 102 cm³/mol. The topological polar surface area (TPSA) is 90.5 Å². The molecule has 140 valence electrons. The van der Waals surface area contributed by atoms with Gasteiger partial charge in [-0.3, -0.25) is 14.5 Å².